The van der Waals surface area contributed by atoms with Crippen molar-refractivity contribution in [3.05, 3.63) is 0 Å². The summed E-state index contributed by atoms with van der Waals surface area (Å²) in [6.07, 6.45) is 3.30. The molecular weight excluding hydrogens is 433 g/mol. The number of nitrogens with one attached hydrogen (secondary N) is 1. The second-order valence-corrected chi connectivity index (χ2v) is 6.65. The smallest absolute Gasteiger partial charge is 0.193 e. The Morgan fingerprint density at radius 1 is 1.20 bits per heavy atom. The molecule has 2 aliphatic heterocycles. The first-order valence-electron chi connectivity index (χ1n) is 9.60. The molecule has 2 atom stereocenters. The lowest BCUT2D eigenvalue weighted by Gasteiger charge is -2.21. The lowest BCUT2D eigenvalue weighted by atomic mass is 10.1. The Labute approximate surface area is 170 Å². The molecule has 25 heavy (non-hydrogen) atoms. The third-order valence-corrected chi connectivity index (χ3v) is 4.56. The molecule has 0 spiro atoms. The normalized spacial score (nSPS) is 23.8. The minimum absolute atomic E-state index is 0. The van der Waals surface area contributed by atoms with Gasteiger partial charge in [-0.05, 0) is 33.1 Å². The predicted molar refractivity (Wildman–Crippen MR) is 112 cm³/mol. The molecule has 2 fully saturated rings. The molecule has 0 aromatic carbocycles. The molecule has 2 heterocycles. The summed E-state index contributed by atoms with van der Waals surface area (Å²) in [6.45, 7) is 13.1. The average molecular weight is 469 g/mol. The van der Waals surface area contributed by atoms with Crippen molar-refractivity contribution < 1.29 is 14.2 Å². The van der Waals surface area contributed by atoms with Gasteiger partial charge in [0, 0.05) is 57.8 Å². The molecule has 0 aliphatic carbocycles. The topological polar surface area (TPSA) is 55.3 Å². The lowest BCUT2D eigenvalue weighted by molar-refractivity contribution is 0.0893. The van der Waals surface area contributed by atoms with Crippen molar-refractivity contribution in [3.63, 3.8) is 0 Å². The summed E-state index contributed by atoms with van der Waals surface area (Å²) < 4.78 is 16.7. The number of aliphatic imine (C=N–C) groups is 1. The Kier molecular flexibility index (Phi) is 12.8. The molecule has 1 N–H and O–H groups in total. The van der Waals surface area contributed by atoms with Crippen molar-refractivity contribution in [2.75, 3.05) is 65.8 Å². The van der Waals surface area contributed by atoms with Gasteiger partial charge in [0.1, 0.15) is 0 Å². The van der Waals surface area contributed by atoms with Crippen LogP contribution in [0.2, 0.25) is 0 Å². The maximum absolute atomic E-state index is 5.75. The van der Waals surface area contributed by atoms with Gasteiger partial charge in [0.05, 0.1) is 19.8 Å². The van der Waals surface area contributed by atoms with E-state index in [0.717, 1.165) is 84.6 Å². The van der Waals surface area contributed by atoms with Crippen LogP contribution in [0.1, 0.15) is 33.1 Å². The van der Waals surface area contributed by atoms with Crippen LogP contribution in [-0.2, 0) is 14.2 Å². The first-order chi connectivity index (χ1) is 11.8. The highest BCUT2D eigenvalue weighted by molar-refractivity contribution is 14.0. The molecule has 2 rings (SSSR count). The van der Waals surface area contributed by atoms with E-state index < -0.39 is 0 Å². The summed E-state index contributed by atoms with van der Waals surface area (Å²) in [7, 11) is 0. The number of halogens is 1. The van der Waals surface area contributed by atoms with Crippen molar-refractivity contribution in [1.82, 2.24) is 10.2 Å². The molecule has 6 nitrogen and oxygen atoms in total. The second kappa shape index (κ2) is 14.0. The fraction of sp³-hybridized carbons (Fsp3) is 0.944. The molecule has 2 aliphatic rings. The maximum Gasteiger partial charge on any atom is 0.193 e. The minimum atomic E-state index is 0. The number of ether oxygens (including phenoxy) is 3. The lowest BCUT2D eigenvalue weighted by Crippen LogP contribution is -2.40. The van der Waals surface area contributed by atoms with Gasteiger partial charge in [0.2, 0.25) is 0 Å². The zero-order valence-corrected chi connectivity index (χ0v) is 18.2. The molecule has 0 amide bonds. The molecule has 0 aromatic rings. The van der Waals surface area contributed by atoms with E-state index in [1.807, 2.05) is 0 Å². The van der Waals surface area contributed by atoms with Crippen LogP contribution in [0.5, 0.6) is 0 Å². The van der Waals surface area contributed by atoms with Gasteiger partial charge in [-0.2, -0.15) is 0 Å². The summed E-state index contributed by atoms with van der Waals surface area (Å²) >= 11 is 0. The van der Waals surface area contributed by atoms with E-state index in [-0.39, 0.29) is 24.0 Å². The first kappa shape index (κ1) is 22.9. The maximum atomic E-state index is 5.75. The largest absolute Gasteiger partial charge is 0.381 e. The number of nitrogens with zero attached hydrogens (tertiary/aromatic N) is 2. The summed E-state index contributed by atoms with van der Waals surface area (Å²) in [5.74, 6) is 2.27. The number of rotatable bonds is 10. The van der Waals surface area contributed by atoms with Crippen molar-refractivity contribution in [2.24, 2.45) is 16.8 Å². The van der Waals surface area contributed by atoms with Gasteiger partial charge in [-0.15, -0.1) is 24.0 Å². The second-order valence-electron chi connectivity index (χ2n) is 6.65. The quantitative estimate of drug-likeness (QED) is 0.231. The van der Waals surface area contributed by atoms with Crippen LogP contribution in [0.25, 0.3) is 0 Å². The highest BCUT2D eigenvalue weighted by Gasteiger charge is 2.24. The van der Waals surface area contributed by atoms with Crippen LogP contribution in [0.3, 0.4) is 0 Å². The van der Waals surface area contributed by atoms with E-state index in [1.165, 1.54) is 6.42 Å². The van der Waals surface area contributed by atoms with Crippen LogP contribution < -0.4 is 5.32 Å². The van der Waals surface area contributed by atoms with Gasteiger partial charge >= 0.3 is 0 Å². The SMILES string of the molecule is CCNC(=NCCCOCC1CCOC1)N1CCC(COCC)C1.I. The van der Waals surface area contributed by atoms with Crippen LogP contribution in [0.15, 0.2) is 4.99 Å². The third-order valence-electron chi connectivity index (χ3n) is 4.56. The summed E-state index contributed by atoms with van der Waals surface area (Å²) in [5, 5.41) is 3.41. The zero-order valence-electron chi connectivity index (χ0n) is 15.9. The minimum Gasteiger partial charge on any atom is -0.381 e. The Hall–Kier alpha value is -0.120. The van der Waals surface area contributed by atoms with Crippen molar-refractivity contribution in [2.45, 2.75) is 33.1 Å². The number of guanidine groups is 1. The highest BCUT2D eigenvalue weighted by atomic mass is 127. The van der Waals surface area contributed by atoms with Gasteiger partial charge in [0.25, 0.3) is 0 Å². The van der Waals surface area contributed by atoms with Gasteiger partial charge in [-0.1, -0.05) is 0 Å². The molecule has 2 saturated heterocycles. The fourth-order valence-corrected chi connectivity index (χ4v) is 3.19. The molecule has 7 heteroatoms. The van der Waals surface area contributed by atoms with E-state index in [0.29, 0.717) is 11.8 Å². The molecule has 2 unspecified atom stereocenters. The molecule has 0 saturated carbocycles. The van der Waals surface area contributed by atoms with Crippen LogP contribution in [-0.4, -0.2) is 76.7 Å². The van der Waals surface area contributed by atoms with E-state index in [2.05, 4.69) is 24.1 Å². The van der Waals surface area contributed by atoms with E-state index >= 15 is 0 Å². The highest BCUT2D eigenvalue weighted by Crippen LogP contribution is 2.16. The van der Waals surface area contributed by atoms with Crippen LogP contribution in [0, 0.1) is 11.8 Å². The number of likely N-dealkylation sites (tertiary alicyclic amines) is 1. The molecule has 148 valence electrons. The number of hydrogen-bond donors (Lipinski definition) is 1. The third kappa shape index (κ3) is 8.88. The zero-order chi connectivity index (χ0) is 17.0. The number of hydrogen-bond acceptors (Lipinski definition) is 4. The molecule has 0 bridgehead atoms. The van der Waals surface area contributed by atoms with E-state index in [9.17, 15) is 0 Å². The van der Waals surface area contributed by atoms with Gasteiger partial charge in [0.15, 0.2) is 5.96 Å². The molecular formula is C18H36IN3O3. The van der Waals surface area contributed by atoms with Crippen molar-refractivity contribution in [1.29, 1.82) is 0 Å². The summed E-state index contributed by atoms with van der Waals surface area (Å²) in [6, 6.07) is 0. The van der Waals surface area contributed by atoms with E-state index in [4.69, 9.17) is 19.2 Å². The Balaban J connectivity index is 0.00000312. The monoisotopic (exact) mass is 469 g/mol. The Morgan fingerprint density at radius 2 is 2.04 bits per heavy atom. The van der Waals surface area contributed by atoms with Crippen LogP contribution in [0.4, 0.5) is 0 Å². The summed E-state index contributed by atoms with van der Waals surface area (Å²) in [4.78, 5) is 7.13. The Bertz CT molecular complexity index is 365. The summed E-state index contributed by atoms with van der Waals surface area (Å²) in [5.41, 5.74) is 0. The van der Waals surface area contributed by atoms with Crippen molar-refractivity contribution >= 4 is 29.9 Å². The predicted octanol–water partition coefficient (Wildman–Crippen LogP) is 2.37. The fourth-order valence-electron chi connectivity index (χ4n) is 3.19. The molecule has 0 radical (unpaired) electrons. The van der Waals surface area contributed by atoms with Gasteiger partial charge in [-0.25, -0.2) is 0 Å². The van der Waals surface area contributed by atoms with Crippen LogP contribution >= 0.6 is 24.0 Å². The van der Waals surface area contributed by atoms with E-state index in [1.54, 1.807) is 0 Å². The standard InChI is InChI=1S/C18H35N3O3.HI/c1-3-19-18(21-9-6-16(12-21)13-22-4-2)20-8-5-10-23-14-17-7-11-24-15-17;/h16-17H,3-15H2,1-2H3,(H,19,20);1H. The Morgan fingerprint density at radius 3 is 2.76 bits per heavy atom. The first-order valence-corrected chi connectivity index (χ1v) is 9.60. The van der Waals surface area contributed by atoms with Crippen molar-refractivity contribution in [3.8, 4) is 0 Å². The molecule has 0 aromatic heterocycles. The average Bonchev–Trinajstić information content (AvgIpc) is 3.26. The van der Waals surface area contributed by atoms with Gasteiger partial charge < -0.3 is 24.4 Å². The van der Waals surface area contributed by atoms with Gasteiger partial charge in [-0.3, -0.25) is 4.99 Å².